The highest BCUT2D eigenvalue weighted by Gasteiger charge is 2.33. The number of aliphatic hydroxyl groups is 1. The molecule has 0 bridgehead atoms. The molecule has 1 atom stereocenters. The monoisotopic (exact) mass is 314 g/mol. The van der Waals surface area contributed by atoms with Gasteiger partial charge in [-0.05, 0) is 25.7 Å². The van der Waals surface area contributed by atoms with Crippen molar-refractivity contribution in [3.63, 3.8) is 0 Å². The highest BCUT2D eigenvalue weighted by molar-refractivity contribution is 7.91. The maximum absolute atomic E-state index is 11.5. The Kier molecular flexibility index (Phi) is 3.53. The molecule has 2 aliphatic heterocycles. The summed E-state index contributed by atoms with van der Waals surface area (Å²) in [5.41, 5.74) is 0.696. The van der Waals surface area contributed by atoms with Crippen molar-refractivity contribution in [2.24, 2.45) is 0 Å². The molecule has 0 spiro atoms. The van der Waals surface area contributed by atoms with E-state index in [1.807, 2.05) is 0 Å². The van der Waals surface area contributed by atoms with Crippen molar-refractivity contribution < 1.29 is 23.4 Å². The molecule has 1 fully saturated rings. The van der Waals surface area contributed by atoms with E-state index in [1.165, 1.54) is 0 Å². The number of aromatic carboxylic acids is 1. The van der Waals surface area contributed by atoms with Crippen LogP contribution in [0, 0.1) is 0 Å². The van der Waals surface area contributed by atoms with Crippen LogP contribution in [0.1, 0.15) is 47.2 Å². The maximum atomic E-state index is 11.5. The summed E-state index contributed by atoms with van der Waals surface area (Å²) in [4.78, 5) is 15.6. The van der Waals surface area contributed by atoms with Crippen molar-refractivity contribution in [3.8, 4) is 0 Å². The Morgan fingerprint density at radius 3 is 2.52 bits per heavy atom. The van der Waals surface area contributed by atoms with Crippen LogP contribution in [0.2, 0.25) is 0 Å². The van der Waals surface area contributed by atoms with Crippen LogP contribution >= 0.6 is 0 Å². The molecule has 0 radical (unpaired) electrons. The number of carboxylic acid groups (broad SMARTS) is 1. The average molecular weight is 314 g/mol. The van der Waals surface area contributed by atoms with E-state index in [-0.39, 0.29) is 23.1 Å². The summed E-state index contributed by atoms with van der Waals surface area (Å²) >= 11 is 0. The molecule has 0 amide bonds. The van der Waals surface area contributed by atoms with E-state index in [4.69, 9.17) is 0 Å². The van der Waals surface area contributed by atoms with Crippen molar-refractivity contribution >= 4 is 15.8 Å². The van der Waals surface area contributed by atoms with E-state index in [0.717, 1.165) is 0 Å². The van der Waals surface area contributed by atoms with E-state index in [2.05, 4.69) is 4.98 Å². The molecule has 2 N–H and O–H groups in total. The lowest BCUT2D eigenvalue weighted by Crippen LogP contribution is -2.29. The number of rotatable bonds is 2. The zero-order valence-corrected chi connectivity index (χ0v) is 12.3. The number of carboxylic acids is 1. The van der Waals surface area contributed by atoms with Crippen molar-refractivity contribution in [2.75, 3.05) is 11.5 Å². The molecular formula is C13H18N2O5S. The van der Waals surface area contributed by atoms with E-state index in [1.54, 1.807) is 4.57 Å². The average Bonchev–Trinajstić information content (AvgIpc) is 2.77. The van der Waals surface area contributed by atoms with Gasteiger partial charge in [0.1, 0.15) is 15.7 Å². The molecule has 8 heteroatoms. The second-order valence-corrected chi connectivity index (χ2v) is 8.10. The predicted molar refractivity (Wildman–Crippen MR) is 74.1 cm³/mol. The van der Waals surface area contributed by atoms with Crippen LogP contribution in [0.15, 0.2) is 0 Å². The number of hydrogen-bond donors (Lipinski definition) is 2. The minimum atomic E-state index is -2.97. The van der Waals surface area contributed by atoms with Gasteiger partial charge in [0.25, 0.3) is 0 Å². The van der Waals surface area contributed by atoms with E-state index in [9.17, 15) is 23.4 Å². The molecule has 0 saturated carbocycles. The summed E-state index contributed by atoms with van der Waals surface area (Å²) in [5.74, 6) is -0.262. The van der Waals surface area contributed by atoms with Crippen molar-refractivity contribution in [2.45, 2.75) is 44.2 Å². The highest BCUT2D eigenvalue weighted by Crippen LogP contribution is 2.32. The molecule has 1 saturated heterocycles. The fraction of sp³-hybridized carbons (Fsp3) is 0.692. The third kappa shape index (κ3) is 2.69. The third-order valence-electron chi connectivity index (χ3n) is 4.33. The lowest BCUT2D eigenvalue weighted by molar-refractivity contribution is 0.0686. The Morgan fingerprint density at radius 2 is 1.90 bits per heavy atom. The Labute approximate surface area is 122 Å². The van der Waals surface area contributed by atoms with Gasteiger partial charge < -0.3 is 14.8 Å². The highest BCUT2D eigenvalue weighted by atomic mass is 32.2. The summed E-state index contributed by atoms with van der Waals surface area (Å²) < 4.78 is 24.8. The largest absolute Gasteiger partial charge is 0.476 e. The van der Waals surface area contributed by atoms with Gasteiger partial charge in [0, 0.05) is 5.92 Å². The molecule has 116 valence electrons. The first-order valence-electron chi connectivity index (χ1n) is 7.08. The topological polar surface area (TPSA) is 109 Å². The van der Waals surface area contributed by atoms with E-state index in [0.29, 0.717) is 43.7 Å². The zero-order chi connectivity index (χ0) is 15.2. The van der Waals surface area contributed by atoms with Gasteiger partial charge in [0.2, 0.25) is 0 Å². The number of carbonyl (C=O) groups is 1. The Hall–Kier alpha value is -1.41. The minimum Gasteiger partial charge on any atom is -0.476 e. The number of fused-ring (bicyclic) bond motifs is 1. The minimum absolute atomic E-state index is 0.0466. The van der Waals surface area contributed by atoms with Crippen LogP contribution in [0.5, 0.6) is 0 Å². The molecular weight excluding hydrogens is 296 g/mol. The summed E-state index contributed by atoms with van der Waals surface area (Å²) in [6.07, 6.45) is 1.45. The smallest absolute Gasteiger partial charge is 0.356 e. The first kappa shape index (κ1) is 14.5. The number of hydrogen-bond acceptors (Lipinski definition) is 5. The Morgan fingerprint density at radius 1 is 1.24 bits per heavy atom. The molecule has 1 aromatic rings. The second kappa shape index (κ2) is 5.10. The van der Waals surface area contributed by atoms with Gasteiger partial charge >= 0.3 is 5.97 Å². The fourth-order valence-electron chi connectivity index (χ4n) is 3.20. The number of aromatic nitrogens is 2. The second-order valence-electron chi connectivity index (χ2n) is 5.80. The standard InChI is InChI=1S/C13H18N2O5S/c16-9-1-2-10-11(13(17)18)14-12(15(10)7-9)8-3-5-21(19,20)6-4-8/h8-9,16H,1-7H2,(H,17,18). The summed E-state index contributed by atoms with van der Waals surface area (Å²) in [7, 11) is -2.97. The molecule has 3 heterocycles. The van der Waals surface area contributed by atoms with Gasteiger partial charge in [-0.25, -0.2) is 18.2 Å². The molecule has 3 rings (SSSR count). The van der Waals surface area contributed by atoms with Crippen LogP contribution in [-0.4, -0.2) is 51.8 Å². The van der Waals surface area contributed by atoms with Crippen molar-refractivity contribution in [1.29, 1.82) is 0 Å². The summed E-state index contributed by atoms with van der Waals surface area (Å²) in [6, 6.07) is 0. The number of imidazole rings is 1. The Balaban J connectivity index is 1.97. The van der Waals surface area contributed by atoms with Gasteiger partial charge in [0.05, 0.1) is 29.8 Å². The van der Waals surface area contributed by atoms with Gasteiger partial charge in [-0.1, -0.05) is 0 Å². The SMILES string of the molecule is O=C(O)c1nc(C2CCS(=O)(=O)CC2)n2c1CCC(O)C2. The van der Waals surface area contributed by atoms with Crippen LogP contribution in [-0.2, 0) is 22.8 Å². The molecule has 21 heavy (non-hydrogen) atoms. The number of aliphatic hydroxyl groups excluding tert-OH is 1. The van der Waals surface area contributed by atoms with Crippen LogP contribution in [0.25, 0.3) is 0 Å². The third-order valence-corrected chi connectivity index (χ3v) is 6.05. The van der Waals surface area contributed by atoms with E-state index >= 15 is 0 Å². The van der Waals surface area contributed by atoms with Crippen LogP contribution < -0.4 is 0 Å². The first-order valence-corrected chi connectivity index (χ1v) is 8.90. The lowest BCUT2D eigenvalue weighted by Gasteiger charge is -2.26. The normalized spacial score (nSPS) is 25.5. The maximum Gasteiger partial charge on any atom is 0.356 e. The van der Waals surface area contributed by atoms with Crippen LogP contribution in [0.4, 0.5) is 0 Å². The van der Waals surface area contributed by atoms with Gasteiger partial charge in [-0.15, -0.1) is 0 Å². The van der Waals surface area contributed by atoms with E-state index < -0.39 is 21.9 Å². The molecule has 0 aliphatic carbocycles. The molecule has 2 aliphatic rings. The molecule has 0 aromatic carbocycles. The molecule has 7 nitrogen and oxygen atoms in total. The zero-order valence-electron chi connectivity index (χ0n) is 11.5. The van der Waals surface area contributed by atoms with Gasteiger partial charge in [-0.3, -0.25) is 0 Å². The van der Waals surface area contributed by atoms with Crippen molar-refractivity contribution in [1.82, 2.24) is 9.55 Å². The van der Waals surface area contributed by atoms with Crippen LogP contribution in [0.3, 0.4) is 0 Å². The summed E-state index contributed by atoms with van der Waals surface area (Å²) in [5, 5.41) is 19.1. The quantitative estimate of drug-likeness (QED) is 0.806. The summed E-state index contributed by atoms with van der Waals surface area (Å²) in [6.45, 7) is 0.341. The lowest BCUT2D eigenvalue weighted by atomic mass is 10.0. The number of nitrogens with zero attached hydrogens (tertiary/aromatic N) is 2. The fourth-order valence-corrected chi connectivity index (χ4v) is 4.69. The molecule has 1 aromatic heterocycles. The van der Waals surface area contributed by atoms with Crippen molar-refractivity contribution in [3.05, 3.63) is 17.2 Å². The first-order chi connectivity index (χ1) is 9.87. The predicted octanol–water partition coefficient (Wildman–Crippen LogP) is 0.181. The van der Waals surface area contributed by atoms with Gasteiger partial charge in [-0.2, -0.15) is 0 Å². The molecule has 1 unspecified atom stereocenters. The Bertz CT molecular complexity index is 665. The van der Waals surface area contributed by atoms with Gasteiger partial charge in [0.15, 0.2) is 5.69 Å². The number of sulfone groups is 1.